The second kappa shape index (κ2) is 7.37. The van der Waals surface area contributed by atoms with Crippen LogP contribution in [0.3, 0.4) is 0 Å². The molecule has 2 aromatic rings. The summed E-state index contributed by atoms with van der Waals surface area (Å²) in [6.45, 7) is -1.16. The highest BCUT2D eigenvalue weighted by Crippen LogP contribution is 2.25. The number of nitrogens with one attached hydrogen (secondary N) is 1. The summed E-state index contributed by atoms with van der Waals surface area (Å²) in [7, 11) is 0. The normalized spacial score (nSPS) is 13.9. The van der Waals surface area contributed by atoms with Gasteiger partial charge in [0.05, 0.1) is 10.9 Å². The highest BCUT2D eigenvalue weighted by Gasteiger charge is 2.26. The number of benzene rings is 1. The van der Waals surface area contributed by atoms with E-state index >= 15 is 0 Å². The van der Waals surface area contributed by atoms with E-state index in [1.54, 1.807) is 35.8 Å². The number of aliphatic hydroxyl groups is 1. The molecule has 0 bridgehead atoms. The second-order valence-electron chi connectivity index (χ2n) is 4.51. The average molecular weight is 330 g/mol. The molecule has 0 unspecified atom stereocenters. The third kappa shape index (κ3) is 3.83. The number of aromatic nitrogens is 1. The van der Waals surface area contributed by atoms with E-state index in [0.717, 1.165) is 10.4 Å². The van der Waals surface area contributed by atoms with Gasteiger partial charge in [0.25, 0.3) is 5.91 Å². The number of hydrogen-bond donors (Lipinski definition) is 2. The van der Waals surface area contributed by atoms with E-state index in [0.29, 0.717) is 5.56 Å². The minimum Gasteiger partial charge on any atom is -0.386 e. The molecule has 2 N–H and O–H groups in total. The van der Waals surface area contributed by atoms with Gasteiger partial charge in [0.2, 0.25) is 0 Å². The Bertz CT molecular complexity index is 605. The number of carbonyl (C=O) groups excluding carboxylic acids is 1. The number of amides is 1. The van der Waals surface area contributed by atoms with Crippen LogP contribution >= 0.6 is 11.5 Å². The first-order valence-corrected chi connectivity index (χ1v) is 7.14. The lowest BCUT2D eigenvalue weighted by Gasteiger charge is -2.21. The largest absolute Gasteiger partial charge is 0.386 e. The van der Waals surface area contributed by atoms with Crippen molar-refractivity contribution in [3.8, 4) is 10.4 Å². The Hall–Kier alpha value is -1.93. The van der Waals surface area contributed by atoms with E-state index in [-0.39, 0.29) is 0 Å². The Balaban J connectivity index is 2.10. The van der Waals surface area contributed by atoms with Crippen LogP contribution in [0.25, 0.3) is 10.4 Å². The van der Waals surface area contributed by atoms with Crippen LogP contribution in [-0.2, 0) is 4.79 Å². The molecule has 8 heteroatoms. The fourth-order valence-corrected chi connectivity index (χ4v) is 2.49. The van der Waals surface area contributed by atoms with Crippen LogP contribution in [0.15, 0.2) is 36.5 Å². The molecule has 0 aliphatic heterocycles. The fourth-order valence-electron chi connectivity index (χ4n) is 1.89. The molecule has 0 spiro atoms. The third-order valence-corrected chi connectivity index (χ3v) is 3.84. The molecule has 4 nitrogen and oxygen atoms in total. The van der Waals surface area contributed by atoms with Gasteiger partial charge in [-0.1, -0.05) is 24.3 Å². The molecule has 2 atom stereocenters. The zero-order valence-electron chi connectivity index (χ0n) is 11.2. The third-order valence-electron chi connectivity index (χ3n) is 3.05. The molecule has 0 radical (unpaired) electrons. The molecule has 0 fully saturated rings. The van der Waals surface area contributed by atoms with Crippen LogP contribution in [0, 0.1) is 0 Å². The van der Waals surface area contributed by atoms with Crippen LogP contribution in [0.1, 0.15) is 11.7 Å². The van der Waals surface area contributed by atoms with Crippen molar-refractivity contribution in [3.05, 3.63) is 42.1 Å². The van der Waals surface area contributed by atoms with Crippen LogP contribution < -0.4 is 5.32 Å². The summed E-state index contributed by atoms with van der Waals surface area (Å²) in [5.74, 6) is -1.61. The Morgan fingerprint density at radius 1 is 1.27 bits per heavy atom. The van der Waals surface area contributed by atoms with E-state index in [1.807, 2.05) is 6.07 Å². The Kier molecular flexibility index (Phi) is 5.51. The molecular weight excluding hydrogens is 317 g/mol. The topological polar surface area (TPSA) is 62.2 Å². The van der Waals surface area contributed by atoms with E-state index < -0.39 is 31.2 Å². The van der Waals surface area contributed by atoms with Crippen LogP contribution in [0.5, 0.6) is 0 Å². The zero-order chi connectivity index (χ0) is 16.1. The van der Waals surface area contributed by atoms with Crippen molar-refractivity contribution in [1.29, 1.82) is 0 Å². The van der Waals surface area contributed by atoms with Gasteiger partial charge in [0.15, 0.2) is 0 Å². The maximum absolute atomic E-state index is 12.9. The number of hydrogen-bond acceptors (Lipinski definition) is 4. The summed E-state index contributed by atoms with van der Waals surface area (Å²) < 4.78 is 41.2. The minimum atomic E-state index is -3.25. The van der Waals surface area contributed by atoms with Crippen LogP contribution in [0.2, 0.25) is 0 Å². The first-order chi connectivity index (χ1) is 10.5. The van der Waals surface area contributed by atoms with Crippen molar-refractivity contribution in [1.82, 2.24) is 9.69 Å². The molecular formula is C14H13F3N2O2S. The number of alkyl halides is 3. The average Bonchev–Trinajstić information content (AvgIpc) is 3.06. The maximum Gasteiger partial charge on any atom is 0.315 e. The van der Waals surface area contributed by atoms with Gasteiger partial charge in [0.1, 0.15) is 12.8 Å². The van der Waals surface area contributed by atoms with Crippen molar-refractivity contribution in [2.24, 2.45) is 0 Å². The number of aliphatic hydroxyl groups excluding tert-OH is 1. The van der Waals surface area contributed by atoms with Gasteiger partial charge in [-0.05, 0) is 28.7 Å². The molecule has 1 aromatic carbocycles. The molecule has 22 heavy (non-hydrogen) atoms. The number of halogens is 3. The molecule has 0 aliphatic carbocycles. The predicted octanol–water partition coefficient (Wildman–Crippen LogP) is 2.56. The maximum atomic E-state index is 12.9. The van der Waals surface area contributed by atoms with E-state index in [1.165, 1.54) is 11.5 Å². The van der Waals surface area contributed by atoms with Gasteiger partial charge in [-0.15, -0.1) is 0 Å². The Morgan fingerprint density at radius 2 is 1.95 bits per heavy atom. The summed E-state index contributed by atoms with van der Waals surface area (Å²) in [5.41, 5.74) is 1.19. The van der Waals surface area contributed by atoms with Crippen molar-refractivity contribution in [2.75, 3.05) is 6.67 Å². The van der Waals surface area contributed by atoms with Gasteiger partial charge in [-0.3, -0.25) is 4.79 Å². The van der Waals surface area contributed by atoms with Gasteiger partial charge < -0.3 is 10.4 Å². The monoisotopic (exact) mass is 330 g/mol. The highest BCUT2D eigenvalue weighted by molar-refractivity contribution is 7.09. The minimum absolute atomic E-state index is 0.325. The Labute approximate surface area is 128 Å². The van der Waals surface area contributed by atoms with E-state index in [2.05, 4.69) is 4.37 Å². The molecule has 118 valence electrons. The summed E-state index contributed by atoms with van der Waals surface area (Å²) in [6.07, 6.45) is -3.01. The smallest absolute Gasteiger partial charge is 0.315 e. The van der Waals surface area contributed by atoms with Crippen molar-refractivity contribution < 1.29 is 23.1 Å². The molecule has 1 heterocycles. The number of carbonyl (C=O) groups is 1. The molecule has 0 saturated heterocycles. The lowest BCUT2D eigenvalue weighted by atomic mass is 10.0. The Morgan fingerprint density at radius 3 is 2.45 bits per heavy atom. The van der Waals surface area contributed by atoms with Gasteiger partial charge >= 0.3 is 6.43 Å². The van der Waals surface area contributed by atoms with Crippen LogP contribution in [0.4, 0.5) is 13.2 Å². The lowest BCUT2D eigenvalue weighted by molar-refractivity contribution is -0.133. The SMILES string of the molecule is O=C(N[C@H](CF)[C@H](O)c1ccc(-c2ccns2)cc1)C(F)F. The van der Waals surface area contributed by atoms with E-state index in [4.69, 9.17) is 0 Å². The summed E-state index contributed by atoms with van der Waals surface area (Å²) >= 11 is 1.30. The first-order valence-electron chi connectivity index (χ1n) is 6.36. The molecule has 0 saturated carbocycles. The van der Waals surface area contributed by atoms with Gasteiger partial charge in [-0.2, -0.15) is 8.78 Å². The quantitative estimate of drug-likeness (QED) is 0.856. The van der Waals surface area contributed by atoms with Crippen molar-refractivity contribution in [2.45, 2.75) is 18.6 Å². The van der Waals surface area contributed by atoms with Crippen LogP contribution in [-0.4, -0.2) is 34.5 Å². The predicted molar refractivity (Wildman–Crippen MR) is 76.4 cm³/mol. The van der Waals surface area contributed by atoms with Gasteiger partial charge in [-0.25, -0.2) is 8.76 Å². The highest BCUT2D eigenvalue weighted by atomic mass is 32.1. The fraction of sp³-hybridized carbons (Fsp3) is 0.286. The summed E-state index contributed by atoms with van der Waals surface area (Å²) in [4.78, 5) is 11.8. The van der Waals surface area contributed by atoms with Gasteiger partial charge in [0, 0.05) is 6.20 Å². The molecule has 2 rings (SSSR count). The van der Waals surface area contributed by atoms with Crippen molar-refractivity contribution >= 4 is 17.4 Å². The molecule has 1 aromatic heterocycles. The van der Waals surface area contributed by atoms with Crippen molar-refractivity contribution in [3.63, 3.8) is 0 Å². The summed E-state index contributed by atoms with van der Waals surface area (Å²) in [5, 5.41) is 11.8. The first kappa shape index (κ1) is 16.4. The zero-order valence-corrected chi connectivity index (χ0v) is 12.1. The number of rotatable bonds is 6. The summed E-state index contributed by atoms with van der Waals surface area (Å²) in [6, 6.07) is 6.92. The molecule has 1 amide bonds. The lowest BCUT2D eigenvalue weighted by Crippen LogP contribution is -2.43. The number of nitrogens with zero attached hydrogens (tertiary/aromatic N) is 1. The van der Waals surface area contributed by atoms with E-state index in [9.17, 15) is 23.1 Å². The molecule has 0 aliphatic rings. The second-order valence-corrected chi connectivity index (χ2v) is 5.35. The standard InChI is InChI=1S/C14H13F3N2O2S/c15-7-10(19-14(21)13(16)17)12(20)9-3-1-8(2-4-9)11-5-6-18-22-11/h1-6,10,12-13,20H,7H2,(H,19,21)/t10-,12-/m1/s1.